The van der Waals surface area contributed by atoms with E-state index in [0.29, 0.717) is 44.5 Å². The zero-order valence-corrected chi connectivity index (χ0v) is 30.9. The summed E-state index contributed by atoms with van der Waals surface area (Å²) in [6.45, 7) is 12.4. The van der Waals surface area contributed by atoms with Crippen molar-refractivity contribution in [2.75, 3.05) is 82.3 Å². The number of aryl methyl sites for hydroxylation is 1. The molecule has 2 aliphatic heterocycles. The Labute approximate surface area is 292 Å². The van der Waals surface area contributed by atoms with E-state index in [2.05, 4.69) is 83.3 Å². The number of piperidine rings is 1. The number of methoxy groups -OCH3 is 1. The van der Waals surface area contributed by atoms with Crippen LogP contribution in [0.1, 0.15) is 31.0 Å². The van der Waals surface area contributed by atoms with Crippen molar-refractivity contribution in [2.45, 2.75) is 32.2 Å². The van der Waals surface area contributed by atoms with Gasteiger partial charge in [-0.05, 0) is 91.5 Å². The third-order valence-corrected chi connectivity index (χ3v) is 11.6. The van der Waals surface area contributed by atoms with Crippen molar-refractivity contribution >= 4 is 68.1 Å². The van der Waals surface area contributed by atoms with Gasteiger partial charge in [-0.15, -0.1) is 6.42 Å². The van der Waals surface area contributed by atoms with Crippen LogP contribution in [0, 0.1) is 12.3 Å². The number of halogens is 1. The van der Waals surface area contributed by atoms with Crippen molar-refractivity contribution in [3.8, 4) is 18.1 Å². The first kappa shape index (κ1) is 34.2. The first-order valence-electron chi connectivity index (χ1n) is 16.5. The zero-order chi connectivity index (χ0) is 34.0. The van der Waals surface area contributed by atoms with Gasteiger partial charge in [-0.1, -0.05) is 12.8 Å². The molecular formula is C36H44BrN8O2P. The fraction of sp³-hybridized carbons (Fsp3) is 0.417. The minimum Gasteiger partial charge on any atom is -0.494 e. The molecule has 0 bridgehead atoms. The number of terminal acetylenes is 1. The van der Waals surface area contributed by atoms with Crippen molar-refractivity contribution in [1.29, 1.82) is 0 Å². The number of ether oxygens (including phenoxy) is 1. The van der Waals surface area contributed by atoms with Crippen molar-refractivity contribution in [3.63, 3.8) is 0 Å². The van der Waals surface area contributed by atoms with E-state index in [9.17, 15) is 4.57 Å². The topological polar surface area (TPSA) is 98.8 Å². The van der Waals surface area contributed by atoms with Crippen LogP contribution in [-0.2, 0) is 11.0 Å². The number of hydrogen-bond acceptors (Lipinski definition) is 10. The number of nitrogens with one attached hydrogen (secondary N) is 2. The highest BCUT2D eigenvalue weighted by Gasteiger charge is 2.28. The average molecular weight is 732 g/mol. The summed E-state index contributed by atoms with van der Waals surface area (Å²) < 4.78 is 20.1. The minimum atomic E-state index is -2.75. The van der Waals surface area contributed by atoms with E-state index >= 15 is 0 Å². The highest BCUT2D eigenvalue weighted by Crippen LogP contribution is 2.42. The molecule has 0 aliphatic carbocycles. The predicted molar refractivity (Wildman–Crippen MR) is 202 cm³/mol. The van der Waals surface area contributed by atoms with Crippen LogP contribution in [0.4, 0.5) is 28.8 Å². The quantitative estimate of drug-likeness (QED) is 0.151. The molecule has 252 valence electrons. The smallest absolute Gasteiger partial charge is 0.229 e. The average Bonchev–Trinajstić information content (AvgIpc) is 3.09. The van der Waals surface area contributed by atoms with Gasteiger partial charge in [-0.25, -0.2) is 9.97 Å². The zero-order valence-electron chi connectivity index (χ0n) is 28.4. The number of likely N-dealkylation sites (N-methyl/N-ethyl adjacent to an activating group) is 1. The lowest BCUT2D eigenvalue weighted by molar-refractivity contribution is 0.0982. The maximum absolute atomic E-state index is 13.6. The maximum Gasteiger partial charge on any atom is 0.229 e. The molecule has 4 heterocycles. The van der Waals surface area contributed by atoms with Gasteiger partial charge in [-0.2, -0.15) is 4.98 Å². The van der Waals surface area contributed by atoms with E-state index in [4.69, 9.17) is 16.1 Å². The highest BCUT2D eigenvalue weighted by molar-refractivity contribution is 9.10. The molecule has 2 fully saturated rings. The van der Waals surface area contributed by atoms with E-state index in [1.165, 1.54) is 24.1 Å². The molecule has 4 aromatic rings. The Morgan fingerprint density at radius 1 is 1.02 bits per heavy atom. The first-order valence-corrected chi connectivity index (χ1v) is 19.9. The number of aromatic nitrogens is 3. The summed E-state index contributed by atoms with van der Waals surface area (Å²) in [6.07, 6.45) is 10.5. The fourth-order valence-corrected chi connectivity index (χ4v) is 8.60. The van der Waals surface area contributed by atoms with Gasteiger partial charge in [0, 0.05) is 74.0 Å². The SMILES string of the molecule is C#Cc1ccc2c(P(C)(C)=O)c(Nc3nc(Nc4cc(CC)c(N5CCC(N6CCN(C)CC6)CC5)cc4OC)ncc3Br)ccc2n1. The van der Waals surface area contributed by atoms with Gasteiger partial charge < -0.3 is 29.7 Å². The van der Waals surface area contributed by atoms with Gasteiger partial charge in [0.25, 0.3) is 0 Å². The molecule has 2 aliphatic rings. The van der Waals surface area contributed by atoms with E-state index in [1.807, 2.05) is 18.2 Å². The monoisotopic (exact) mass is 730 g/mol. The normalized spacial score (nSPS) is 16.6. The second-order valence-corrected chi connectivity index (χ2v) is 17.0. The van der Waals surface area contributed by atoms with Crippen molar-refractivity contribution < 1.29 is 9.30 Å². The number of nitrogens with zero attached hydrogens (tertiary/aromatic N) is 6. The Bertz CT molecular complexity index is 1890. The molecular weight excluding hydrogens is 687 g/mol. The van der Waals surface area contributed by atoms with Gasteiger partial charge in [0.15, 0.2) is 0 Å². The first-order chi connectivity index (χ1) is 23.1. The molecule has 0 spiro atoms. The summed E-state index contributed by atoms with van der Waals surface area (Å²) in [5.74, 6) is 4.24. The standard InChI is InChI=1S/C36H44BrN8O2P/c1-7-24-21-31(33(47-4)22-32(24)45-15-13-26(14-16-45)44-19-17-43(3)18-20-44)41-36-38-23-28(37)35(42-36)40-30-12-11-29-27(34(30)48(5,6)46)10-9-25(8-2)39-29/h2,9-12,21-23,26H,7,13-20H2,1,3-6H3,(H2,38,40,41,42). The summed E-state index contributed by atoms with van der Waals surface area (Å²) in [6, 6.07) is 12.4. The summed E-state index contributed by atoms with van der Waals surface area (Å²) >= 11 is 3.60. The summed E-state index contributed by atoms with van der Waals surface area (Å²) in [5.41, 5.74) is 5.18. The summed E-state index contributed by atoms with van der Waals surface area (Å²) in [4.78, 5) is 21.5. The summed E-state index contributed by atoms with van der Waals surface area (Å²) in [5, 5.41) is 8.28. The van der Waals surface area contributed by atoms with Crippen molar-refractivity contribution in [3.05, 3.63) is 58.3 Å². The number of pyridine rings is 1. The lowest BCUT2D eigenvalue weighted by Gasteiger charge is -2.43. The second-order valence-electron chi connectivity index (χ2n) is 13.0. The highest BCUT2D eigenvalue weighted by atomic mass is 79.9. The molecule has 0 radical (unpaired) electrons. The minimum absolute atomic E-state index is 0.403. The molecule has 2 saturated heterocycles. The number of benzene rings is 2. The van der Waals surface area contributed by atoms with Gasteiger partial charge in [0.05, 0.1) is 28.5 Å². The van der Waals surface area contributed by atoms with Crippen LogP contribution in [0.5, 0.6) is 5.75 Å². The molecule has 2 aromatic heterocycles. The Morgan fingerprint density at radius 2 is 1.77 bits per heavy atom. The number of hydrogen-bond donors (Lipinski definition) is 2. The Morgan fingerprint density at radius 3 is 2.44 bits per heavy atom. The molecule has 6 rings (SSSR count). The van der Waals surface area contributed by atoms with E-state index in [0.717, 1.165) is 62.5 Å². The van der Waals surface area contributed by atoms with Crippen LogP contribution < -0.4 is 25.6 Å². The fourth-order valence-electron chi connectivity index (χ4n) is 6.83. The number of rotatable bonds is 9. The number of piperazine rings is 1. The third-order valence-electron chi connectivity index (χ3n) is 9.41. The van der Waals surface area contributed by atoms with Crippen LogP contribution in [0.15, 0.2) is 47.1 Å². The van der Waals surface area contributed by atoms with Gasteiger partial charge in [-0.3, -0.25) is 4.90 Å². The van der Waals surface area contributed by atoms with E-state index in [-0.39, 0.29) is 0 Å². The third kappa shape index (κ3) is 7.32. The van der Waals surface area contributed by atoms with Crippen LogP contribution in [0.25, 0.3) is 10.9 Å². The molecule has 2 N–H and O–H groups in total. The number of fused-ring (bicyclic) bond motifs is 1. The van der Waals surface area contributed by atoms with Crippen LogP contribution in [-0.4, -0.2) is 97.5 Å². The van der Waals surface area contributed by atoms with E-state index in [1.54, 1.807) is 32.7 Å². The van der Waals surface area contributed by atoms with Crippen LogP contribution in [0.2, 0.25) is 0 Å². The Kier molecular flexibility index (Phi) is 10.3. The molecule has 2 aromatic carbocycles. The molecule has 10 nitrogen and oxygen atoms in total. The van der Waals surface area contributed by atoms with Gasteiger partial charge >= 0.3 is 0 Å². The Balaban J connectivity index is 1.24. The van der Waals surface area contributed by atoms with Crippen molar-refractivity contribution in [1.82, 2.24) is 24.8 Å². The predicted octanol–water partition coefficient (Wildman–Crippen LogP) is 6.29. The lowest BCUT2D eigenvalue weighted by atomic mass is 9.99. The maximum atomic E-state index is 13.6. The summed E-state index contributed by atoms with van der Waals surface area (Å²) in [7, 11) is 1.16. The van der Waals surface area contributed by atoms with Gasteiger partial charge in [0.2, 0.25) is 5.95 Å². The Hall–Kier alpha value is -3.68. The largest absolute Gasteiger partial charge is 0.494 e. The molecule has 0 atom stereocenters. The van der Waals surface area contributed by atoms with Crippen LogP contribution in [0.3, 0.4) is 0 Å². The number of anilines is 5. The van der Waals surface area contributed by atoms with Gasteiger partial charge in [0.1, 0.15) is 24.4 Å². The second kappa shape index (κ2) is 14.4. The molecule has 12 heteroatoms. The van der Waals surface area contributed by atoms with Crippen molar-refractivity contribution in [2.24, 2.45) is 0 Å². The molecule has 0 saturated carbocycles. The molecule has 0 unspecified atom stereocenters. The van der Waals surface area contributed by atoms with E-state index < -0.39 is 7.14 Å². The molecule has 48 heavy (non-hydrogen) atoms. The molecule has 0 amide bonds. The van der Waals surface area contributed by atoms with Crippen LogP contribution >= 0.6 is 23.1 Å². The lowest BCUT2D eigenvalue weighted by Crippen LogP contribution is -2.52.